The molecule has 0 aromatic carbocycles. The van der Waals surface area contributed by atoms with E-state index in [2.05, 4.69) is 27.7 Å². The van der Waals surface area contributed by atoms with Crippen LogP contribution in [0.2, 0.25) is 0 Å². The highest BCUT2D eigenvalue weighted by Gasteiger charge is 2.23. The molecule has 32 heavy (non-hydrogen) atoms. The molecule has 2 heteroatoms. The van der Waals surface area contributed by atoms with Gasteiger partial charge in [-0.25, -0.2) is 0 Å². The second-order valence-electron chi connectivity index (χ2n) is 10.9. The van der Waals surface area contributed by atoms with E-state index in [1.54, 1.807) is 0 Å². The molecule has 0 spiro atoms. The summed E-state index contributed by atoms with van der Waals surface area (Å²) in [7, 11) is 0. The van der Waals surface area contributed by atoms with E-state index in [0.717, 1.165) is 37.0 Å². The van der Waals surface area contributed by atoms with Crippen LogP contribution in [0, 0.1) is 17.8 Å². The van der Waals surface area contributed by atoms with Crippen molar-refractivity contribution in [2.24, 2.45) is 17.8 Å². The number of ether oxygens (including phenoxy) is 1. The Hall–Kier alpha value is -0.530. The van der Waals surface area contributed by atoms with E-state index >= 15 is 0 Å². The number of carbonyl (C=O) groups excluding carboxylic acids is 1. The quantitative estimate of drug-likeness (QED) is 0.136. The van der Waals surface area contributed by atoms with Crippen molar-refractivity contribution >= 4 is 5.97 Å². The van der Waals surface area contributed by atoms with Gasteiger partial charge in [-0.1, -0.05) is 118 Å². The highest BCUT2D eigenvalue weighted by molar-refractivity contribution is 5.69. The molecule has 1 saturated carbocycles. The monoisotopic (exact) mass is 450 g/mol. The molecule has 0 saturated heterocycles. The minimum absolute atomic E-state index is 0.0669. The maximum atomic E-state index is 12.4. The van der Waals surface area contributed by atoms with Gasteiger partial charge < -0.3 is 4.74 Å². The van der Waals surface area contributed by atoms with E-state index in [0.29, 0.717) is 6.42 Å². The minimum Gasteiger partial charge on any atom is -0.462 e. The lowest BCUT2D eigenvalue weighted by molar-refractivity contribution is -0.151. The summed E-state index contributed by atoms with van der Waals surface area (Å²) in [5.41, 5.74) is 0. The Labute approximate surface area is 202 Å². The second kappa shape index (κ2) is 19.9. The van der Waals surface area contributed by atoms with Gasteiger partial charge in [0.25, 0.3) is 0 Å². The minimum atomic E-state index is 0.0669. The number of rotatable bonds is 20. The molecule has 0 aromatic heterocycles. The molecule has 2 atom stereocenters. The fourth-order valence-electron chi connectivity index (χ4n) is 5.87. The lowest BCUT2D eigenvalue weighted by Crippen LogP contribution is -2.24. The Morgan fingerprint density at radius 2 is 1.22 bits per heavy atom. The highest BCUT2D eigenvalue weighted by atomic mass is 16.5. The van der Waals surface area contributed by atoms with Gasteiger partial charge in [0.1, 0.15) is 6.10 Å². The fraction of sp³-hybridized carbons (Fsp3) is 0.967. The van der Waals surface area contributed by atoms with E-state index in [-0.39, 0.29) is 12.1 Å². The first kappa shape index (κ1) is 29.5. The summed E-state index contributed by atoms with van der Waals surface area (Å²) in [6.07, 6.45) is 26.8. The van der Waals surface area contributed by atoms with Gasteiger partial charge in [-0.05, 0) is 56.3 Å². The molecule has 0 bridgehead atoms. The molecule has 1 fully saturated rings. The molecular formula is C30H58O2. The van der Waals surface area contributed by atoms with Gasteiger partial charge in [-0.2, -0.15) is 0 Å². The highest BCUT2D eigenvalue weighted by Crippen LogP contribution is 2.31. The normalized spacial score (nSPS) is 20.8. The lowest BCUT2D eigenvalue weighted by atomic mass is 9.84. The third-order valence-corrected chi connectivity index (χ3v) is 7.89. The summed E-state index contributed by atoms with van der Waals surface area (Å²) in [6, 6.07) is 0. The second-order valence-corrected chi connectivity index (χ2v) is 10.9. The smallest absolute Gasteiger partial charge is 0.306 e. The first-order chi connectivity index (χ1) is 15.6. The Kier molecular flexibility index (Phi) is 18.3. The van der Waals surface area contributed by atoms with Gasteiger partial charge in [0.15, 0.2) is 0 Å². The van der Waals surface area contributed by atoms with Crippen molar-refractivity contribution < 1.29 is 9.53 Å². The zero-order chi connectivity index (χ0) is 23.4. The number of hydrogen-bond donors (Lipinski definition) is 0. The third kappa shape index (κ3) is 14.6. The molecule has 0 heterocycles. The van der Waals surface area contributed by atoms with Crippen LogP contribution in [0.1, 0.15) is 163 Å². The van der Waals surface area contributed by atoms with Crippen molar-refractivity contribution in [1.29, 1.82) is 0 Å². The molecule has 1 rings (SSSR count). The maximum absolute atomic E-state index is 12.4. The van der Waals surface area contributed by atoms with Gasteiger partial charge in [0.05, 0.1) is 0 Å². The molecule has 0 aromatic rings. The fourth-order valence-corrected chi connectivity index (χ4v) is 5.87. The number of unbranched alkanes of at least 4 members (excludes halogenated alkanes) is 3. The van der Waals surface area contributed by atoms with Crippen LogP contribution < -0.4 is 0 Å². The zero-order valence-electron chi connectivity index (χ0n) is 22.5. The van der Waals surface area contributed by atoms with Crippen molar-refractivity contribution in [2.45, 2.75) is 169 Å². The van der Waals surface area contributed by atoms with Gasteiger partial charge in [0.2, 0.25) is 0 Å². The van der Waals surface area contributed by atoms with Crippen LogP contribution in [0.15, 0.2) is 0 Å². The maximum Gasteiger partial charge on any atom is 0.306 e. The summed E-state index contributed by atoms with van der Waals surface area (Å²) < 4.78 is 5.85. The van der Waals surface area contributed by atoms with Gasteiger partial charge in [-0.3, -0.25) is 4.79 Å². The van der Waals surface area contributed by atoms with Crippen molar-refractivity contribution in [2.75, 3.05) is 0 Å². The van der Waals surface area contributed by atoms with Crippen molar-refractivity contribution in [3.63, 3.8) is 0 Å². The molecule has 2 nitrogen and oxygen atoms in total. The summed E-state index contributed by atoms with van der Waals surface area (Å²) in [5.74, 6) is 2.70. The van der Waals surface area contributed by atoms with Crippen LogP contribution in [0.4, 0.5) is 0 Å². The molecule has 0 aliphatic heterocycles. The van der Waals surface area contributed by atoms with E-state index in [1.807, 2.05) is 0 Å². The van der Waals surface area contributed by atoms with Crippen molar-refractivity contribution in [1.82, 2.24) is 0 Å². The Bertz CT molecular complexity index is 425. The van der Waals surface area contributed by atoms with Gasteiger partial charge >= 0.3 is 5.97 Å². The third-order valence-electron chi connectivity index (χ3n) is 7.89. The topological polar surface area (TPSA) is 26.3 Å². The number of carbonyl (C=O) groups is 1. The Morgan fingerprint density at radius 1 is 0.656 bits per heavy atom. The van der Waals surface area contributed by atoms with E-state index in [4.69, 9.17) is 4.74 Å². The number of hydrogen-bond acceptors (Lipinski definition) is 2. The first-order valence-electron chi connectivity index (χ1n) is 14.8. The zero-order valence-corrected chi connectivity index (χ0v) is 22.5. The molecule has 190 valence electrons. The Balaban J connectivity index is 2.19. The summed E-state index contributed by atoms with van der Waals surface area (Å²) >= 11 is 0. The molecule has 0 radical (unpaired) electrons. The molecule has 0 amide bonds. The predicted molar refractivity (Wildman–Crippen MR) is 140 cm³/mol. The molecule has 0 N–H and O–H groups in total. The Morgan fingerprint density at radius 3 is 1.78 bits per heavy atom. The van der Waals surface area contributed by atoms with Crippen LogP contribution in [0.25, 0.3) is 0 Å². The average molecular weight is 451 g/mol. The molecule has 1 aliphatic carbocycles. The van der Waals surface area contributed by atoms with Crippen LogP contribution >= 0.6 is 0 Å². The van der Waals surface area contributed by atoms with Crippen LogP contribution in [0.3, 0.4) is 0 Å². The number of esters is 1. The standard InChI is InChI=1S/C30H58O2/c1-5-9-11-17-28-22-24-29(25-23-28)32-30(31)21-13-20-27(15-8-4)19-12-18-26(14-7-3)16-10-6-2/h26-29H,5-25H2,1-4H3. The molecular weight excluding hydrogens is 392 g/mol. The predicted octanol–water partition coefficient (Wildman–Crippen LogP) is 10.0. The average Bonchev–Trinajstić information content (AvgIpc) is 2.78. The van der Waals surface area contributed by atoms with E-state index in [1.165, 1.54) is 109 Å². The lowest BCUT2D eigenvalue weighted by Gasteiger charge is -2.28. The first-order valence-corrected chi connectivity index (χ1v) is 14.8. The van der Waals surface area contributed by atoms with Gasteiger partial charge in [-0.15, -0.1) is 0 Å². The summed E-state index contributed by atoms with van der Waals surface area (Å²) in [4.78, 5) is 12.4. The van der Waals surface area contributed by atoms with Crippen LogP contribution in [-0.4, -0.2) is 12.1 Å². The largest absolute Gasteiger partial charge is 0.462 e. The van der Waals surface area contributed by atoms with Crippen LogP contribution in [-0.2, 0) is 9.53 Å². The van der Waals surface area contributed by atoms with Gasteiger partial charge in [0, 0.05) is 6.42 Å². The van der Waals surface area contributed by atoms with E-state index in [9.17, 15) is 4.79 Å². The summed E-state index contributed by atoms with van der Waals surface area (Å²) in [6.45, 7) is 9.22. The molecule has 1 aliphatic rings. The van der Waals surface area contributed by atoms with Crippen molar-refractivity contribution in [3.8, 4) is 0 Å². The SMILES string of the molecule is CCCCCC1CCC(OC(=O)CCCC(CCC)CCCC(CCC)CCCC)CC1. The molecule has 2 unspecified atom stereocenters. The summed E-state index contributed by atoms with van der Waals surface area (Å²) in [5, 5.41) is 0. The van der Waals surface area contributed by atoms with E-state index < -0.39 is 0 Å². The van der Waals surface area contributed by atoms with Crippen molar-refractivity contribution in [3.05, 3.63) is 0 Å². The van der Waals surface area contributed by atoms with Crippen LogP contribution in [0.5, 0.6) is 0 Å².